The van der Waals surface area contributed by atoms with E-state index in [2.05, 4.69) is 40.4 Å². The Bertz CT molecular complexity index is 426. The van der Waals surface area contributed by atoms with Gasteiger partial charge >= 0.3 is 0 Å². The molecule has 0 amide bonds. The van der Waals surface area contributed by atoms with E-state index < -0.39 is 0 Å². The van der Waals surface area contributed by atoms with E-state index in [-0.39, 0.29) is 0 Å². The average Bonchev–Trinajstić information content (AvgIpc) is 2.73. The highest BCUT2D eigenvalue weighted by Crippen LogP contribution is 2.26. The van der Waals surface area contributed by atoms with Crippen LogP contribution in [0, 0.1) is 4.77 Å². The van der Waals surface area contributed by atoms with E-state index in [4.69, 9.17) is 12.2 Å². The fraction of sp³-hybridized carbons (Fsp3) is 0.846. The maximum Gasteiger partial charge on any atom is 0.195 e. The molecule has 1 N–H and O–H groups in total. The van der Waals surface area contributed by atoms with Crippen LogP contribution >= 0.6 is 12.2 Å². The van der Waals surface area contributed by atoms with Gasteiger partial charge in [-0.25, -0.2) is 0 Å². The topological polar surface area (TPSA) is 36.9 Å². The number of aromatic nitrogens is 3. The molecular formula is C13H24N4S. The van der Waals surface area contributed by atoms with Crippen LogP contribution in [0.4, 0.5) is 0 Å². The van der Waals surface area contributed by atoms with Crippen LogP contribution in [-0.2, 0) is 0 Å². The summed E-state index contributed by atoms with van der Waals surface area (Å²) in [6.45, 7) is 10.2. The zero-order valence-electron chi connectivity index (χ0n) is 11.6. The zero-order valence-corrected chi connectivity index (χ0v) is 12.5. The molecule has 0 aliphatic carbocycles. The molecule has 1 aromatic rings. The van der Waals surface area contributed by atoms with Crippen LogP contribution in [0.2, 0.25) is 0 Å². The molecule has 18 heavy (non-hydrogen) atoms. The highest BCUT2D eigenvalue weighted by molar-refractivity contribution is 7.71. The largest absolute Gasteiger partial charge is 0.303 e. The number of piperidine rings is 1. The monoisotopic (exact) mass is 268 g/mol. The molecule has 0 bridgehead atoms. The lowest BCUT2D eigenvalue weighted by Crippen LogP contribution is -2.35. The molecule has 0 spiro atoms. The van der Waals surface area contributed by atoms with Gasteiger partial charge in [0.1, 0.15) is 5.82 Å². The van der Waals surface area contributed by atoms with Gasteiger partial charge < -0.3 is 9.47 Å². The highest BCUT2D eigenvalue weighted by atomic mass is 32.1. The highest BCUT2D eigenvalue weighted by Gasteiger charge is 2.23. The molecule has 1 aliphatic rings. The van der Waals surface area contributed by atoms with Gasteiger partial charge in [0, 0.05) is 25.0 Å². The minimum absolute atomic E-state index is 0.423. The summed E-state index contributed by atoms with van der Waals surface area (Å²) in [5.74, 6) is 1.53. The summed E-state index contributed by atoms with van der Waals surface area (Å²) in [5, 5.41) is 7.33. The van der Waals surface area contributed by atoms with E-state index in [1.165, 1.54) is 38.9 Å². The number of H-pyrrole nitrogens is 1. The van der Waals surface area contributed by atoms with Crippen LogP contribution in [0.5, 0.6) is 0 Å². The molecule has 0 aromatic carbocycles. The first kappa shape index (κ1) is 13.7. The van der Waals surface area contributed by atoms with Crippen molar-refractivity contribution in [3.05, 3.63) is 10.6 Å². The summed E-state index contributed by atoms with van der Waals surface area (Å²) in [5.41, 5.74) is 0. The lowest BCUT2D eigenvalue weighted by molar-refractivity contribution is 0.184. The van der Waals surface area contributed by atoms with Crippen LogP contribution in [-0.4, -0.2) is 39.3 Å². The summed E-state index contributed by atoms with van der Waals surface area (Å²) < 4.78 is 3.04. The molecule has 2 rings (SSSR count). The van der Waals surface area contributed by atoms with Crippen molar-refractivity contribution in [3.63, 3.8) is 0 Å². The number of aromatic amines is 1. The third-order valence-corrected chi connectivity index (χ3v) is 4.00. The lowest BCUT2D eigenvalue weighted by atomic mass is 10.0. The minimum atomic E-state index is 0.423. The second kappa shape index (κ2) is 5.97. The second-order valence-electron chi connectivity index (χ2n) is 5.48. The molecule has 0 atom stereocenters. The Kier molecular flexibility index (Phi) is 4.56. The van der Waals surface area contributed by atoms with Crippen LogP contribution in [0.3, 0.4) is 0 Å². The van der Waals surface area contributed by atoms with Crippen molar-refractivity contribution in [2.24, 2.45) is 0 Å². The van der Waals surface area contributed by atoms with Gasteiger partial charge in [-0.3, -0.25) is 5.10 Å². The van der Waals surface area contributed by atoms with Crippen LogP contribution in [0.15, 0.2) is 0 Å². The van der Waals surface area contributed by atoms with E-state index in [1.807, 2.05) is 0 Å². The smallest absolute Gasteiger partial charge is 0.195 e. The Hall–Kier alpha value is -0.680. The molecule has 0 radical (unpaired) electrons. The van der Waals surface area contributed by atoms with Crippen LogP contribution < -0.4 is 0 Å². The predicted octanol–water partition coefficient (Wildman–Crippen LogP) is 3.11. The van der Waals surface area contributed by atoms with E-state index in [9.17, 15) is 0 Å². The van der Waals surface area contributed by atoms with E-state index in [1.54, 1.807) is 0 Å². The molecular weight excluding hydrogens is 244 g/mol. The molecule has 1 aromatic heterocycles. The van der Waals surface area contributed by atoms with Gasteiger partial charge in [0.25, 0.3) is 0 Å². The van der Waals surface area contributed by atoms with E-state index in [0.717, 1.165) is 10.6 Å². The fourth-order valence-corrected chi connectivity index (χ4v) is 3.08. The van der Waals surface area contributed by atoms with Gasteiger partial charge in [0.15, 0.2) is 4.77 Å². The zero-order chi connectivity index (χ0) is 13.1. The lowest BCUT2D eigenvalue weighted by Gasteiger charge is -2.33. The first-order valence-electron chi connectivity index (χ1n) is 7.02. The third kappa shape index (κ3) is 2.83. The van der Waals surface area contributed by atoms with E-state index in [0.29, 0.717) is 12.0 Å². The van der Waals surface area contributed by atoms with Crippen molar-refractivity contribution in [2.75, 3.05) is 19.6 Å². The predicted molar refractivity (Wildman–Crippen MR) is 76.5 cm³/mol. The molecule has 1 aliphatic heterocycles. The minimum Gasteiger partial charge on any atom is -0.303 e. The van der Waals surface area contributed by atoms with Crippen LogP contribution in [0.25, 0.3) is 0 Å². The molecule has 1 saturated heterocycles. The van der Waals surface area contributed by atoms with Gasteiger partial charge in [-0.05, 0) is 38.0 Å². The Balaban J connectivity index is 2.10. The number of hydrogen-bond donors (Lipinski definition) is 1. The van der Waals surface area contributed by atoms with Gasteiger partial charge in [0.05, 0.1) is 0 Å². The first-order chi connectivity index (χ1) is 8.63. The number of hydrogen-bond acceptors (Lipinski definition) is 3. The summed E-state index contributed by atoms with van der Waals surface area (Å²) in [4.78, 5) is 2.55. The van der Waals surface area contributed by atoms with Crippen molar-refractivity contribution in [3.8, 4) is 0 Å². The molecule has 0 unspecified atom stereocenters. The Morgan fingerprint density at radius 1 is 1.39 bits per heavy atom. The fourth-order valence-electron chi connectivity index (χ4n) is 2.79. The van der Waals surface area contributed by atoms with E-state index >= 15 is 0 Å². The molecule has 5 heteroatoms. The van der Waals surface area contributed by atoms with Crippen molar-refractivity contribution in [1.82, 2.24) is 19.7 Å². The SMILES string of the molecule is CCCN1CCC(n2c(C(C)C)n[nH]c2=S)CC1. The maximum absolute atomic E-state index is 5.38. The van der Waals surface area contributed by atoms with Crippen molar-refractivity contribution in [2.45, 2.75) is 52.0 Å². The molecule has 102 valence electrons. The molecule has 4 nitrogen and oxygen atoms in total. The second-order valence-corrected chi connectivity index (χ2v) is 5.87. The Labute approximate surface area is 114 Å². The molecule has 0 saturated carbocycles. The normalized spacial score (nSPS) is 18.7. The van der Waals surface area contributed by atoms with Gasteiger partial charge in [0.2, 0.25) is 0 Å². The summed E-state index contributed by atoms with van der Waals surface area (Å²) in [7, 11) is 0. The standard InChI is InChI=1S/C13H24N4S/c1-4-7-16-8-5-11(6-9-16)17-12(10(2)3)14-15-13(17)18/h10-11H,4-9H2,1-3H3,(H,15,18). The summed E-state index contributed by atoms with van der Waals surface area (Å²) in [6, 6.07) is 0.529. The van der Waals surface area contributed by atoms with Crippen molar-refractivity contribution >= 4 is 12.2 Å². The van der Waals surface area contributed by atoms with Crippen molar-refractivity contribution < 1.29 is 0 Å². The maximum atomic E-state index is 5.38. The van der Waals surface area contributed by atoms with Gasteiger partial charge in [-0.1, -0.05) is 20.8 Å². The summed E-state index contributed by atoms with van der Waals surface area (Å²) in [6.07, 6.45) is 3.62. The average molecular weight is 268 g/mol. The number of nitrogens with one attached hydrogen (secondary N) is 1. The number of nitrogens with zero attached hydrogens (tertiary/aromatic N) is 3. The van der Waals surface area contributed by atoms with Gasteiger partial charge in [-0.15, -0.1) is 0 Å². The van der Waals surface area contributed by atoms with Gasteiger partial charge in [-0.2, -0.15) is 5.10 Å². The van der Waals surface area contributed by atoms with Crippen molar-refractivity contribution in [1.29, 1.82) is 0 Å². The molecule has 1 fully saturated rings. The Morgan fingerprint density at radius 2 is 2.06 bits per heavy atom. The van der Waals surface area contributed by atoms with Crippen LogP contribution in [0.1, 0.15) is 57.8 Å². The third-order valence-electron chi connectivity index (χ3n) is 3.71. The quantitative estimate of drug-likeness (QED) is 0.853. The Morgan fingerprint density at radius 3 is 2.61 bits per heavy atom. The summed E-state index contributed by atoms with van der Waals surface area (Å²) >= 11 is 5.38. The first-order valence-corrected chi connectivity index (χ1v) is 7.43. The number of likely N-dealkylation sites (tertiary alicyclic amines) is 1. The molecule has 2 heterocycles. The number of rotatable bonds is 4.